The summed E-state index contributed by atoms with van der Waals surface area (Å²) in [6.45, 7) is 4.90. The Morgan fingerprint density at radius 3 is 2.81 bits per heavy atom. The van der Waals surface area contributed by atoms with Crippen LogP contribution in [0.2, 0.25) is 0 Å². The molecule has 0 fully saturated rings. The number of rotatable bonds is 3. The van der Waals surface area contributed by atoms with Crippen molar-refractivity contribution in [1.82, 2.24) is 4.57 Å². The number of amides is 1. The highest BCUT2D eigenvalue weighted by atomic mass is 16.1. The van der Waals surface area contributed by atoms with Gasteiger partial charge in [-0.1, -0.05) is 13.0 Å². The zero-order valence-corrected chi connectivity index (χ0v) is 9.66. The Labute approximate surface area is 95.1 Å². The first-order valence-electron chi connectivity index (χ1n) is 5.63. The molecule has 0 aliphatic carbocycles. The third kappa shape index (κ3) is 1.94. The summed E-state index contributed by atoms with van der Waals surface area (Å²) in [6.07, 6.45) is 2.57. The molecule has 1 aromatic carbocycles. The Morgan fingerprint density at radius 1 is 1.31 bits per heavy atom. The highest BCUT2D eigenvalue weighted by Crippen LogP contribution is 2.20. The molecule has 0 saturated carbocycles. The molecule has 0 radical (unpaired) electrons. The number of carbonyl (C=O) groups excluding carboxylic acids is 1. The molecule has 0 atom stereocenters. The molecule has 3 heteroatoms. The highest BCUT2D eigenvalue weighted by molar-refractivity contribution is 5.93. The normalized spacial score (nSPS) is 10.6. The standard InChI is InChI=1S/C13H16N2O/c1-3-13(16)14-11-6-5-10-7-8-15(4-2)12(10)9-11/h5-9H,3-4H2,1-2H3,(H,14,16). The van der Waals surface area contributed by atoms with Gasteiger partial charge < -0.3 is 9.88 Å². The summed E-state index contributed by atoms with van der Waals surface area (Å²) >= 11 is 0. The van der Waals surface area contributed by atoms with E-state index in [1.807, 2.05) is 25.1 Å². The van der Waals surface area contributed by atoms with Crippen molar-refractivity contribution >= 4 is 22.5 Å². The maximum atomic E-state index is 11.3. The summed E-state index contributed by atoms with van der Waals surface area (Å²) in [6, 6.07) is 8.08. The Hall–Kier alpha value is -1.77. The second-order valence-electron chi connectivity index (χ2n) is 3.78. The first-order chi connectivity index (χ1) is 7.74. The molecule has 0 bridgehead atoms. The van der Waals surface area contributed by atoms with Crippen molar-refractivity contribution in [3.8, 4) is 0 Å². The van der Waals surface area contributed by atoms with Gasteiger partial charge in [0, 0.05) is 24.8 Å². The van der Waals surface area contributed by atoms with Crippen LogP contribution in [-0.2, 0) is 11.3 Å². The lowest BCUT2D eigenvalue weighted by atomic mass is 10.2. The minimum absolute atomic E-state index is 0.0500. The summed E-state index contributed by atoms with van der Waals surface area (Å²) in [4.78, 5) is 11.3. The molecule has 0 saturated heterocycles. The first-order valence-corrected chi connectivity index (χ1v) is 5.63. The molecular weight excluding hydrogens is 200 g/mol. The molecule has 1 aromatic heterocycles. The summed E-state index contributed by atoms with van der Waals surface area (Å²) < 4.78 is 2.16. The van der Waals surface area contributed by atoms with E-state index in [-0.39, 0.29) is 5.91 Å². The van der Waals surface area contributed by atoms with Crippen LogP contribution in [0.25, 0.3) is 10.9 Å². The van der Waals surface area contributed by atoms with E-state index < -0.39 is 0 Å². The van der Waals surface area contributed by atoms with Crippen LogP contribution in [0.1, 0.15) is 20.3 Å². The number of nitrogens with one attached hydrogen (secondary N) is 1. The Morgan fingerprint density at radius 2 is 2.12 bits per heavy atom. The van der Waals surface area contributed by atoms with Crippen LogP contribution in [0.5, 0.6) is 0 Å². The van der Waals surface area contributed by atoms with Crippen molar-refractivity contribution in [2.24, 2.45) is 0 Å². The van der Waals surface area contributed by atoms with Crippen LogP contribution in [0.4, 0.5) is 5.69 Å². The lowest BCUT2D eigenvalue weighted by molar-refractivity contribution is -0.115. The second kappa shape index (κ2) is 4.39. The van der Waals surface area contributed by atoms with E-state index in [1.54, 1.807) is 0 Å². The Kier molecular flexibility index (Phi) is 2.95. The van der Waals surface area contributed by atoms with Crippen molar-refractivity contribution in [1.29, 1.82) is 0 Å². The first kappa shape index (κ1) is 10.7. The number of hydrogen-bond acceptors (Lipinski definition) is 1. The van der Waals surface area contributed by atoms with Crippen LogP contribution >= 0.6 is 0 Å². The zero-order chi connectivity index (χ0) is 11.5. The number of hydrogen-bond donors (Lipinski definition) is 1. The molecule has 0 aliphatic rings. The molecule has 1 N–H and O–H groups in total. The van der Waals surface area contributed by atoms with Gasteiger partial charge in [-0.2, -0.15) is 0 Å². The van der Waals surface area contributed by atoms with Crippen LogP contribution < -0.4 is 5.32 Å². The van der Waals surface area contributed by atoms with Crippen LogP contribution in [0, 0.1) is 0 Å². The van der Waals surface area contributed by atoms with E-state index in [0.717, 1.165) is 17.7 Å². The SMILES string of the molecule is CCC(=O)Nc1ccc2ccn(CC)c2c1. The number of nitrogens with zero attached hydrogens (tertiary/aromatic N) is 1. The molecule has 0 spiro atoms. The van der Waals surface area contributed by atoms with Gasteiger partial charge in [0.05, 0.1) is 5.52 Å². The lowest BCUT2D eigenvalue weighted by Gasteiger charge is -2.05. The maximum Gasteiger partial charge on any atom is 0.224 e. The van der Waals surface area contributed by atoms with Gasteiger partial charge >= 0.3 is 0 Å². The predicted octanol–water partition coefficient (Wildman–Crippen LogP) is 3.01. The Balaban J connectivity index is 2.37. The smallest absolute Gasteiger partial charge is 0.224 e. The number of fused-ring (bicyclic) bond motifs is 1. The van der Waals surface area contributed by atoms with E-state index in [0.29, 0.717) is 6.42 Å². The third-order valence-electron chi connectivity index (χ3n) is 2.72. The summed E-state index contributed by atoms with van der Waals surface area (Å²) in [5.74, 6) is 0.0500. The molecule has 3 nitrogen and oxygen atoms in total. The van der Waals surface area contributed by atoms with Gasteiger partial charge in [-0.05, 0) is 30.5 Å². The fourth-order valence-corrected chi connectivity index (χ4v) is 1.79. The molecule has 16 heavy (non-hydrogen) atoms. The minimum Gasteiger partial charge on any atom is -0.348 e. The molecule has 1 heterocycles. The van der Waals surface area contributed by atoms with Crippen LogP contribution in [0.3, 0.4) is 0 Å². The van der Waals surface area contributed by atoms with Gasteiger partial charge in [-0.25, -0.2) is 0 Å². The third-order valence-corrected chi connectivity index (χ3v) is 2.72. The number of carbonyl (C=O) groups is 1. The largest absolute Gasteiger partial charge is 0.348 e. The topological polar surface area (TPSA) is 34.0 Å². The van der Waals surface area contributed by atoms with E-state index in [1.165, 1.54) is 5.39 Å². The fraction of sp³-hybridized carbons (Fsp3) is 0.308. The highest BCUT2D eigenvalue weighted by Gasteiger charge is 2.03. The number of aromatic nitrogens is 1. The van der Waals surface area contributed by atoms with Gasteiger partial charge in [0.25, 0.3) is 0 Å². The zero-order valence-electron chi connectivity index (χ0n) is 9.66. The van der Waals surface area contributed by atoms with E-state index >= 15 is 0 Å². The van der Waals surface area contributed by atoms with Gasteiger partial charge in [-0.15, -0.1) is 0 Å². The number of anilines is 1. The van der Waals surface area contributed by atoms with Crippen molar-refractivity contribution in [2.45, 2.75) is 26.8 Å². The summed E-state index contributed by atoms with van der Waals surface area (Å²) in [5.41, 5.74) is 2.03. The molecule has 0 unspecified atom stereocenters. The van der Waals surface area contributed by atoms with E-state index in [2.05, 4.69) is 29.1 Å². The van der Waals surface area contributed by atoms with Gasteiger partial charge in [0.2, 0.25) is 5.91 Å². The maximum absolute atomic E-state index is 11.3. The predicted molar refractivity (Wildman–Crippen MR) is 66.5 cm³/mol. The van der Waals surface area contributed by atoms with E-state index in [9.17, 15) is 4.79 Å². The average molecular weight is 216 g/mol. The molecule has 2 aromatic rings. The quantitative estimate of drug-likeness (QED) is 0.840. The molecule has 2 rings (SSSR count). The van der Waals surface area contributed by atoms with Gasteiger partial charge in [0.15, 0.2) is 0 Å². The van der Waals surface area contributed by atoms with Crippen molar-refractivity contribution in [3.63, 3.8) is 0 Å². The van der Waals surface area contributed by atoms with Crippen LogP contribution in [-0.4, -0.2) is 10.5 Å². The molecule has 84 valence electrons. The lowest BCUT2D eigenvalue weighted by Crippen LogP contribution is -2.09. The van der Waals surface area contributed by atoms with Crippen molar-refractivity contribution in [3.05, 3.63) is 30.5 Å². The molecule has 0 aliphatic heterocycles. The van der Waals surface area contributed by atoms with E-state index in [4.69, 9.17) is 0 Å². The van der Waals surface area contributed by atoms with Gasteiger partial charge in [0.1, 0.15) is 0 Å². The van der Waals surface area contributed by atoms with Gasteiger partial charge in [-0.3, -0.25) is 4.79 Å². The van der Waals surface area contributed by atoms with Crippen LogP contribution in [0.15, 0.2) is 30.5 Å². The monoisotopic (exact) mass is 216 g/mol. The fourth-order valence-electron chi connectivity index (χ4n) is 1.79. The minimum atomic E-state index is 0.0500. The summed E-state index contributed by atoms with van der Waals surface area (Å²) in [7, 11) is 0. The molecule has 1 amide bonds. The average Bonchev–Trinajstić information content (AvgIpc) is 2.71. The number of aryl methyl sites for hydroxylation is 1. The Bertz CT molecular complexity index is 514. The van der Waals surface area contributed by atoms with Crippen molar-refractivity contribution in [2.75, 3.05) is 5.32 Å². The molecular formula is C13H16N2O. The second-order valence-corrected chi connectivity index (χ2v) is 3.78. The van der Waals surface area contributed by atoms with Crippen molar-refractivity contribution < 1.29 is 4.79 Å². The summed E-state index contributed by atoms with van der Waals surface area (Å²) in [5, 5.41) is 4.08. The number of benzene rings is 1.